The van der Waals surface area contributed by atoms with Gasteiger partial charge in [-0.25, -0.2) is 0 Å². The number of ether oxygens (including phenoxy) is 4. The second kappa shape index (κ2) is 8.81. The van der Waals surface area contributed by atoms with Crippen LogP contribution in [0.25, 0.3) is 0 Å². The molecule has 2 heterocycles. The van der Waals surface area contributed by atoms with E-state index in [-0.39, 0.29) is 13.2 Å². The zero-order valence-corrected chi connectivity index (χ0v) is 13.3. The highest BCUT2D eigenvalue weighted by Crippen LogP contribution is 2.24. The van der Waals surface area contributed by atoms with E-state index in [1.807, 2.05) is 6.92 Å². The molecular formula is C14H26O10. The molecule has 0 aromatic carbocycles. The third-order valence-electron chi connectivity index (χ3n) is 4.03. The molecule has 0 aromatic rings. The zero-order valence-electron chi connectivity index (χ0n) is 13.3. The molecule has 0 aromatic heterocycles. The van der Waals surface area contributed by atoms with Crippen LogP contribution in [0, 0.1) is 0 Å². The molecule has 0 unspecified atom stereocenters. The van der Waals surface area contributed by atoms with Crippen LogP contribution in [-0.2, 0) is 18.9 Å². The van der Waals surface area contributed by atoms with E-state index in [4.69, 9.17) is 18.9 Å². The molecule has 0 saturated carbocycles. The number of hydrogen-bond donors (Lipinski definition) is 6. The van der Waals surface area contributed by atoms with Crippen molar-refractivity contribution in [1.29, 1.82) is 0 Å². The molecule has 0 amide bonds. The Hall–Kier alpha value is -0.400. The smallest absolute Gasteiger partial charge is 0.186 e. The highest BCUT2D eigenvalue weighted by atomic mass is 16.7. The van der Waals surface area contributed by atoms with Gasteiger partial charge in [-0.3, -0.25) is 0 Å². The standard InChI is InChI=1S/C14H26O10/c1-2-3-21-14-12(20)10(18)9(17)7(24-14)5-23-13-11(19)8(16)6(15)4-22-13/h6-20H,2-5H2,1H3/t6-,7-,8+,9-,10+,11-,12-,13+,14-/m1/s1. The van der Waals surface area contributed by atoms with Crippen molar-refractivity contribution in [3.8, 4) is 0 Å². The van der Waals surface area contributed by atoms with Crippen molar-refractivity contribution < 1.29 is 49.6 Å². The molecule has 10 heteroatoms. The van der Waals surface area contributed by atoms with E-state index in [1.165, 1.54) is 0 Å². The molecule has 2 saturated heterocycles. The molecule has 10 nitrogen and oxygen atoms in total. The van der Waals surface area contributed by atoms with Gasteiger partial charge in [0.2, 0.25) is 0 Å². The van der Waals surface area contributed by atoms with Gasteiger partial charge >= 0.3 is 0 Å². The molecule has 9 atom stereocenters. The summed E-state index contributed by atoms with van der Waals surface area (Å²) in [6, 6.07) is 0. The summed E-state index contributed by atoms with van der Waals surface area (Å²) in [5, 5.41) is 58.5. The molecule has 0 spiro atoms. The topological polar surface area (TPSA) is 158 Å². The van der Waals surface area contributed by atoms with E-state index in [0.717, 1.165) is 0 Å². The van der Waals surface area contributed by atoms with Crippen molar-refractivity contribution in [3.63, 3.8) is 0 Å². The van der Waals surface area contributed by atoms with Crippen LogP contribution < -0.4 is 0 Å². The van der Waals surface area contributed by atoms with Crippen LogP contribution in [0.4, 0.5) is 0 Å². The van der Waals surface area contributed by atoms with Gasteiger partial charge in [0, 0.05) is 6.61 Å². The van der Waals surface area contributed by atoms with Crippen molar-refractivity contribution >= 4 is 0 Å². The Morgan fingerprint density at radius 3 is 2.17 bits per heavy atom. The Kier molecular flexibility index (Phi) is 7.31. The first-order chi connectivity index (χ1) is 11.4. The largest absolute Gasteiger partial charge is 0.388 e. The molecule has 2 aliphatic rings. The van der Waals surface area contributed by atoms with Crippen LogP contribution in [0.5, 0.6) is 0 Å². The molecule has 24 heavy (non-hydrogen) atoms. The third kappa shape index (κ3) is 4.41. The molecule has 142 valence electrons. The third-order valence-corrected chi connectivity index (χ3v) is 4.03. The van der Waals surface area contributed by atoms with Gasteiger partial charge in [0.15, 0.2) is 12.6 Å². The van der Waals surface area contributed by atoms with E-state index in [2.05, 4.69) is 0 Å². The SMILES string of the molecule is CCCO[C@@H]1O[C@H](CO[C@@H]2OC[C@@H](O)[C@H](O)[C@H]2O)[C@@H](O)[C@H](O)[C@H]1O. The highest BCUT2D eigenvalue weighted by molar-refractivity contribution is 4.90. The van der Waals surface area contributed by atoms with E-state index in [9.17, 15) is 30.6 Å². The molecule has 0 radical (unpaired) electrons. The highest BCUT2D eigenvalue weighted by Gasteiger charge is 2.45. The summed E-state index contributed by atoms with van der Waals surface area (Å²) in [5.41, 5.74) is 0. The Bertz CT molecular complexity index is 383. The second-order valence-electron chi connectivity index (χ2n) is 5.97. The summed E-state index contributed by atoms with van der Waals surface area (Å²) in [6.07, 6.45) is -11.2. The van der Waals surface area contributed by atoms with Gasteiger partial charge < -0.3 is 49.6 Å². The van der Waals surface area contributed by atoms with E-state index in [1.54, 1.807) is 0 Å². The molecule has 0 bridgehead atoms. The van der Waals surface area contributed by atoms with E-state index < -0.39 is 55.3 Å². The van der Waals surface area contributed by atoms with Crippen molar-refractivity contribution in [2.75, 3.05) is 19.8 Å². The normalized spacial score (nSPS) is 46.9. The van der Waals surface area contributed by atoms with Crippen molar-refractivity contribution in [2.45, 2.75) is 68.7 Å². The fraction of sp³-hybridized carbons (Fsp3) is 1.00. The maximum atomic E-state index is 9.98. The van der Waals surface area contributed by atoms with Gasteiger partial charge in [-0.2, -0.15) is 0 Å². The lowest BCUT2D eigenvalue weighted by atomic mass is 9.99. The zero-order chi connectivity index (χ0) is 17.9. The second-order valence-corrected chi connectivity index (χ2v) is 5.97. The van der Waals surface area contributed by atoms with Crippen molar-refractivity contribution in [3.05, 3.63) is 0 Å². The Balaban J connectivity index is 1.90. The van der Waals surface area contributed by atoms with E-state index >= 15 is 0 Å². The number of aliphatic hydroxyl groups excluding tert-OH is 6. The van der Waals surface area contributed by atoms with Gasteiger partial charge in [0.25, 0.3) is 0 Å². The minimum absolute atomic E-state index is 0.222. The van der Waals surface area contributed by atoms with Crippen LogP contribution in [-0.4, -0.2) is 106 Å². The maximum Gasteiger partial charge on any atom is 0.186 e. The molecule has 0 aliphatic carbocycles. The van der Waals surface area contributed by atoms with Gasteiger partial charge in [-0.05, 0) is 6.42 Å². The molecule has 6 N–H and O–H groups in total. The Labute approximate surface area is 139 Å². The Morgan fingerprint density at radius 1 is 0.833 bits per heavy atom. The molecule has 2 rings (SSSR count). The van der Waals surface area contributed by atoms with Gasteiger partial charge in [0.1, 0.15) is 42.7 Å². The van der Waals surface area contributed by atoms with Crippen LogP contribution >= 0.6 is 0 Å². The summed E-state index contributed by atoms with van der Waals surface area (Å²) in [5.74, 6) is 0. The predicted molar refractivity (Wildman–Crippen MR) is 76.6 cm³/mol. The van der Waals surface area contributed by atoms with E-state index in [0.29, 0.717) is 13.0 Å². The molecule has 2 fully saturated rings. The summed E-state index contributed by atoms with van der Waals surface area (Å²) in [7, 11) is 0. The predicted octanol–water partition coefficient (Wildman–Crippen LogP) is -3.32. The minimum Gasteiger partial charge on any atom is -0.388 e. The van der Waals surface area contributed by atoms with Crippen LogP contribution in [0.15, 0.2) is 0 Å². The monoisotopic (exact) mass is 354 g/mol. The summed E-state index contributed by atoms with van der Waals surface area (Å²) in [6.45, 7) is 1.65. The maximum absolute atomic E-state index is 9.98. The fourth-order valence-corrected chi connectivity index (χ4v) is 2.54. The summed E-state index contributed by atoms with van der Waals surface area (Å²) in [4.78, 5) is 0. The van der Waals surface area contributed by atoms with Crippen molar-refractivity contribution in [2.24, 2.45) is 0 Å². The first-order valence-electron chi connectivity index (χ1n) is 7.95. The molecular weight excluding hydrogens is 328 g/mol. The van der Waals surface area contributed by atoms with Gasteiger partial charge in [-0.15, -0.1) is 0 Å². The lowest BCUT2D eigenvalue weighted by molar-refractivity contribution is -0.320. The first kappa shape index (κ1) is 19.9. The lowest BCUT2D eigenvalue weighted by Gasteiger charge is -2.41. The van der Waals surface area contributed by atoms with Gasteiger partial charge in [-0.1, -0.05) is 6.92 Å². The minimum atomic E-state index is -1.49. The fourth-order valence-electron chi connectivity index (χ4n) is 2.54. The summed E-state index contributed by atoms with van der Waals surface area (Å²) < 4.78 is 21.0. The average Bonchev–Trinajstić information content (AvgIpc) is 2.57. The Morgan fingerprint density at radius 2 is 1.50 bits per heavy atom. The summed E-state index contributed by atoms with van der Waals surface area (Å²) >= 11 is 0. The average molecular weight is 354 g/mol. The van der Waals surface area contributed by atoms with Crippen LogP contribution in [0.1, 0.15) is 13.3 Å². The first-order valence-corrected chi connectivity index (χ1v) is 7.95. The van der Waals surface area contributed by atoms with Crippen LogP contribution in [0.3, 0.4) is 0 Å². The number of hydrogen-bond acceptors (Lipinski definition) is 10. The number of aliphatic hydroxyl groups is 6. The van der Waals surface area contributed by atoms with Crippen LogP contribution in [0.2, 0.25) is 0 Å². The molecule has 2 aliphatic heterocycles. The number of rotatable bonds is 6. The quantitative estimate of drug-likeness (QED) is 0.285. The van der Waals surface area contributed by atoms with Gasteiger partial charge in [0.05, 0.1) is 13.2 Å². The van der Waals surface area contributed by atoms with Crippen molar-refractivity contribution in [1.82, 2.24) is 0 Å². The lowest BCUT2D eigenvalue weighted by Crippen LogP contribution is -2.60.